The average molecular weight is 344 g/mol. The first kappa shape index (κ1) is 15.5. The first-order chi connectivity index (χ1) is 11.8. The van der Waals surface area contributed by atoms with E-state index in [9.17, 15) is 4.79 Å². The fourth-order valence-electron chi connectivity index (χ4n) is 3.70. The molecule has 2 aromatic rings. The number of thiazole rings is 1. The van der Waals surface area contributed by atoms with Crippen molar-refractivity contribution in [1.82, 2.24) is 20.2 Å². The highest BCUT2D eigenvalue weighted by Crippen LogP contribution is 2.42. The molecule has 0 bridgehead atoms. The molecule has 0 unspecified atom stereocenters. The maximum absolute atomic E-state index is 12.5. The summed E-state index contributed by atoms with van der Waals surface area (Å²) in [6.45, 7) is 3.71. The van der Waals surface area contributed by atoms with E-state index in [1.807, 2.05) is 29.8 Å². The van der Waals surface area contributed by atoms with E-state index in [2.05, 4.69) is 20.2 Å². The highest BCUT2D eigenvalue weighted by Gasteiger charge is 2.54. The van der Waals surface area contributed by atoms with Gasteiger partial charge in [-0.1, -0.05) is 6.07 Å². The zero-order valence-electron chi connectivity index (χ0n) is 13.4. The number of carbonyl (C=O) groups is 1. The number of hydrogen-bond acceptors (Lipinski definition) is 6. The summed E-state index contributed by atoms with van der Waals surface area (Å²) in [5.74, 6) is 0.955. The van der Waals surface area contributed by atoms with Crippen LogP contribution in [0.15, 0.2) is 36.0 Å². The van der Waals surface area contributed by atoms with Crippen molar-refractivity contribution in [2.24, 2.45) is 11.3 Å². The molecule has 24 heavy (non-hydrogen) atoms. The molecule has 0 aliphatic carbocycles. The van der Waals surface area contributed by atoms with Gasteiger partial charge >= 0.3 is 0 Å². The Bertz CT molecular complexity index is 694. The maximum atomic E-state index is 12.5. The molecule has 0 saturated carbocycles. The third-order valence-corrected chi connectivity index (χ3v) is 5.80. The lowest BCUT2D eigenvalue weighted by molar-refractivity contribution is -0.128. The van der Waals surface area contributed by atoms with Gasteiger partial charge in [0, 0.05) is 42.8 Å². The fourth-order valence-corrected chi connectivity index (χ4v) is 4.36. The van der Waals surface area contributed by atoms with E-state index in [0.29, 0.717) is 19.0 Å². The Morgan fingerprint density at radius 3 is 3.12 bits per heavy atom. The second-order valence-corrected chi connectivity index (χ2v) is 7.41. The van der Waals surface area contributed by atoms with Gasteiger partial charge in [-0.05, 0) is 19.0 Å². The van der Waals surface area contributed by atoms with Crippen LogP contribution in [0.1, 0.15) is 11.4 Å². The van der Waals surface area contributed by atoms with E-state index in [0.717, 1.165) is 31.1 Å². The van der Waals surface area contributed by atoms with Crippen molar-refractivity contribution in [1.29, 1.82) is 0 Å². The van der Waals surface area contributed by atoms with Crippen molar-refractivity contribution >= 4 is 17.2 Å². The molecule has 4 heterocycles. The molecule has 7 heteroatoms. The Labute approximate surface area is 144 Å². The highest BCUT2D eigenvalue weighted by atomic mass is 32.1. The maximum Gasteiger partial charge on any atom is 0.228 e. The normalized spacial score (nSPS) is 26.8. The largest absolute Gasteiger partial charge is 0.477 e. The Kier molecular flexibility index (Phi) is 4.20. The number of carbonyl (C=O) groups excluding carboxylic acids is 1. The second kappa shape index (κ2) is 6.49. The number of hydrogen-bond donors (Lipinski definition) is 1. The molecule has 1 spiro atoms. The van der Waals surface area contributed by atoms with Crippen LogP contribution in [0, 0.1) is 11.3 Å². The number of nitrogens with zero attached hydrogens (tertiary/aromatic N) is 3. The summed E-state index contributed by atoms with van der Waals surface area (Å²) in [5, 5.41) is 6.14. The van der Waals surface area contributed by atoms with E-state index >= 15 is 0 Å². The molecule has 0 aromatic carbocycles. The topological polar surface area (TPSA) is 67.3 Å². The Hall–Kier alpha value is -1.99. The van der Waals surface area contributed by atoms with Crippen LogP contribution in [-0.4, -0.2) is 47.0 Å². The van der Waals surface area contributed by atoms with Crippen molar-refractivity contribution in [3.05, 3.63) is 41.0 Å². The minimum absolute atomic E-state index is 0.166. The van der Waals surface area contributed by atoms with Crippen LogP contribution in [-0.2, 0) is 11.3 Å². The number of aromatic nitrogens is 2. The third kappa shape index (κ3) is 2.89. The SMILES string of the molecule is O=C1NC[C@@H](COc2ccccn2)[C@]12CCN(Cc1nccs1)C2. The van der Waals surface area contributed by atoms with Gasteiger partial charge in [0.25, 0.3) is 0 Å². The van der Waals surface area contributed by atoms with Gasteiger partial charge in [-0.2, -0.15) is 0 Å². The van der Waals surface area contributed by atoms with Gasteiger partial charge in [0.2, 0.25) is 11.8 Å². The van der Waals surface area contributed by atoms with Crippen LogP contribution in [0.4, 0.5) is 0 Å². The minimum Gasteiger partial charge on any atom is -0.477 e. The quantitative estimate of drug-likeness (QED) is 0.891. The molecule has 1 amide bonds. The number of nitrogens with one attached hydrogen (secondary N) is 1. The molecule has 2 aliphatic heterocycles. The lowest BCUT2D eigenvalue weighted by Gasteiger charge is -2.28. The van der Waals surface area contributed by atoms with Crippen LogP contribution < -0.4 is 10.1 Å². The molecule has 0 radical (unpaired) electrons. The van der Waals surface area contributed by atoms with Gasteiger partial charge in [-0.25, -0.2) is 9.97 Å². The van der Waals surface area contributed by atoms with Gasteiger partial charge in [0.1, 0.15) is 5.01 Å². The molecule has 1 N–H and O–H groups in total. The second-order valence-electron chi connectivity index (χ2n) is 6.43. The van der Waals surface area contributed by atoms with Crippen molar-refractivity contribution < 1.29 is 9.53 Å². The Morgan fingerprint density at radius 2 is 2.33 bits per heavy atom. The van der Waals surface area contributed by atoms with Crippen molar-refractivity contribution in [2.45, 2.75) is 13.0 Å². The lowest BCUT2D eigenvalue weighted by Crippen LogP contribution is -2.40. The summed E-state index contributed by atoms with van der Waals surface area (Å²) in [5.41, 5.74) is -0.341. The zero-order chi connectivity index (χ0) is 16.4. The van der Waals surface area contributed by atoms with Gasteiger partial charge in [0.05, 0.1) is 18.6 Å². The molecule has 2 fully saturated rings. The zero-order valence-corrected chi connectivity index (χ0v) is 14.2. The highest BCUT2D eigenvalue weighted by molar-refractivity contribution is 7.09. The lowest BCUT2D eigenvalue weighted by atomic mass is 9.77. The summed E-state index contributed by atoms with van der Waals surface area (Å²) < 4.78 is 5.83. The standard InChI is InChI=1S/C17H20N4O2S/c22-16-17(4-7-21(12-17)10-15-19-6-8-24-15)13(9-20-16)11-23-14-3-1-2-5-18-14/h1-3,5-6,8,13H,4,7,9-12H2,(H,20,22)/t13-,17+/m0/s1. The Balaban J connectivity index is 1.43. The predicted octanol–water partition coefficient (Wildman–Crippen LogP) is 1.56. The molecular formula is C17H20N4O2S. The molecule has 2 saturated heterocycles. The molecule has 2 atom stereocenters. The first-order valence-electron chi connectivity index (χ1n) is 8.19. The van der Waals surface area contributed by atoms with E-state index < -0.39 is 0 Å². The van der Waals surface area contributed by atoms with Crippen molar-refractivity contribution in [3.63, 3.8) is 0 Å². The summed E-state index contributed by atoms with van der Waals surface area (Å²) in [6, 6.07) is 5.62. The van der Waals surface area contributed by atoms with Crippen LogP contribution >= 0.6 is 11.3 Å². The van der Waals surface area contributed by atoms with Gasteiger partial charge in [-0.15, -0.1) is 11.3 Å². The predicted molar refractivity (Wildman–Crippen MR) is 90.7 cm³/mol. The van der Waals surface area contributed by atoms with E-state index in [1.165, 1.54) is 0 Å². The number of likely N-dealkylation sites (tertiary alicyclic amines) is 1. The molecule has 2 aliphatic rings. The van der Waals surface area contributed by atoms with Crippen LogP contribution in [0.5, 0.6) is 5.88 Å². The Morgan fingerprint density at radius 1 is 1.38 bits per heavy atom. The third-order valence-electron chi connectivity index (χ3n) is 5.04. The number of ether oxygens (including phenoxy) is 1. The molecular weight excluding hydrogens is 324 g/mol. The van der Waals surface area contributed by atoms with E-state index in [-0.39, 0.29) is 17.2 Å². The van der Waals surface area contributed by atoms with Crippen molar-refractivity contribution in [2.75, 3.05) is 26.2 Å². The average Bonchev–Trinajstić information content (AvgIpc) is 3.32. The van der Waals surface area contributed by atoms with Crippen LogP contribution in [0.25, 0.3) is 0 Å². The van der Waals surface area contributed by atoms with Crippen molar-refractivity contribution in [3.8, 4) is 5.88 Å². The van der Waals surface area contributed by atoms with Crippen LogP contribution in [0.2, 0.25) is 0 Å². The summed E-state index contributed by atoms with van der Waals surface area (Å²) in [6.07, 6.45) is 4.42. The number of pyridine rings is 1. The fraction of sp³-hybridized carbons (Fsp3) is 0.471. The van der Waals surface area contributed by atoms with Gasteiger partial charge in [-0.3, -0.25) is 9.69 Å². The molecule has 4 rings (SSSR count). The first-order valence-corrected chi connectivity index (χ1v) is 9.07. The van der Waals surface area contributed by atoms with E-state index in [1.54, 1.807) is 17.5 Å². The summed E-state index contributed by atoms with van der Waals surface area (Å²) in [7, 11) is 0. The molecule has 6 nitrogen and oxygen atoms in total. The monoisotopic (exact) mass is 344 g/mol. The molecule has 126 valence electrons. The summed E-state index contributed by atoms with van der Waals surface area (Å²) in [4.78, 5) is 23.4. The van der Waals surface area contributed by atoms with Gasteiger partial charge < -0.3 is 10.1 Å². The smallest absolute Gasteiger partial charge is 0.228 e. The minimum atomic E-state index is -0.341. The van der Waals surface area contributed by atoms with E-state index in [4.69, 9.17) is 4.74 Å². The summed E-state index contributed by atoms with van der Waals surface area (Å²) >= 11 is 1.66. The molecule has 2 aromatic heterocycles. The number of rotatable bonds is 5. The van der Waals surface area contributed by atoms with Gasteiger partial charge in [0.15, 0.2) is 0 Å². The van der Waals surface area contributed by atoms with Crippen LogP contribution in [0.3, 0.4) is 0 Å². The number of amides is 1.